The van der Waals surface area contributed by atoms with Crippen LogP contribution in [0.2, 0.25) is 0 Å². The second-order valence-electron chi connectivity index (χ2n) is 6.88. The number of hydrogen-bond acceptors (Lipinski definition) is 5. The summed E-state index contributed by atoms with van der Waals surface area (Å²) in [6.45, 7) is 3.14. The van der Waals surface area contributed by atoms with Crippen LogP contribution in [0.15, 0.2) is 30.3 Å². The van der Waals surface area contributed by atoms with Crippen molar-refractivity contribution in [3.8, 4) is 0 Å². The smallest absolute Gasteiger partial charge is 0.265 e. The van der Waals surface area contributed by atoms with Crippen molar-refractivity contribution in [3.05, 3.63) is 46.5 Å². The first-order valence-electron chi connectivity index (χ1n) is 9.26. The third-order valence-electron chi connectivity index (χ3n) is 4.85. The lowest BCUT2D eigenvalue weighted by atomic mass is 10.1. The zero-order chi connectivity index (χ0) is 19.7. The van der Waals surface area contributed by atoms with Gasteiger partial charge in [-0.1, -0.05) is 12.1 Å². The Morgan fingerprint density at radius 2 is 2.14 bits per heavy atom. The van der Waals surface area contributed by atoms with Gasteiger partial charge in [-0.3, -0.25) is 14.3 Å². The number of aromatic nitrogens is 2. The highest BCUT2D eigenvalue weighted by atomic mass is 32.1. The molecule has 7 nitrogen and oxygen atoms in total. The number of thiophene rings is 1. The van der Waals surface area contributed by atoms with Crippen LogP contribution >= 0.6 is 11.3 Å². The molecule has 2 aromatic heterocycles. The summed E-state index contributed by atoms with van der Waals surface area (Å²) in [7, 11) is 1.86. The average Bonchev–Trinajstić information content (AvgIpc) is 3.40. The molecule has 146 valence electrons. The minimum absolute atomic E-state index is 0.0705. The Kier molecular flexibility index (Phi) is 5.15. The molecule has 2 amide bonds. The molecule has 1 aromatic carbocycles. The van der Waals surface area contributed by atoms with Crippen LogP contribution in [0.3, 0.4) is 0 Å². The number of aryl methyl sites for hydroxylation is 2. The van der Waals surface area contributed by atoms with Gasteiger partial charge in [-0.2, -0.15) is 5.10 Å². The van der Waals surface area contributed by atoms with Gasteiger partial charge in [-0.05, 0) is 38.0 Å². The average molecular weight is 398 g/mol. The molecular weight excluding hydrogens is 376 g/mol. The Bertz CT molecular complexity index is 999. The topological polar surface area (TPSA) is 85.2 Å². The van der Waals surface area contributed by atoms with Crippen LogP contribution in [-0.4, -0.2) is 40.9 Å². The maximum absolute atomic E-state index is 12.8. The first kappa shape index (κ1) is 18.6. The van der Waals surface area contributed by atoms with Crippen molar-refractivity contribution in [2.75, 3.05) is 18.5 Å². The van der Waals surface area contributed by atoms with E-state index in [2.05, 4.69) is 15.7 Å². The predicted octanol–water partition coefficient (Wildman–Crippen LogP) is 3.10. The van der Waals surface area contributed by atoms with Crippen LogP contribution in [-0.2, 0) is 11.8 Å². The normalized spacial score (nSPS) is 16.4. The summed E-state index contributed by atoms with van der Waals surface area (Å²) in [5.41, 5.74) is 1.82. The number of carbonyl (C=O) groups excluding carboxylic acids is 2. The van der Waals surface area contributed by atoms with Crippen LogP contribution in [0, 0.1) is 6.92 Å². The summed E-state index contributed by atoms with van der Waals surface area (Å²) in [5, 5.41) is 11.1. The first-order chi connectivity index (χ1) is 13.5. The second-order valence-corrected chi connectivity index (χ2v) is 7.91. The highest BCUT2D eigenvalue weighted by Crippen LogP contribution is 2.28. The third kappa shape index (κ3) is 3.65. The van der Waals surface area contributed by atoms with Crippen molar-refractivity contribution >= 4 is 39.1 Å². The Hall–Kier alpha value is -2.71. The molecule has 0 aliphatic carbocycles. The predicted molar refractivity (Wildman–Crippen MR) is 109 cm³/mol. The minimum Gasteiger partial charge on any atom is -0.376 e. The van der Waals surface area contributed by atoms with Crippen molar-refractivity contribution in [2.45, 2.75) is 25.9 Å². The highest BCUT2D eigenvalue weighted by Gasteiger charge is 2.20. The number of rotatable bonds is 5. The van der Waals surface area contributed by atoms with Crippen molar-refractivity contribution in [3.63, 3.8) is 0 Å². The van der Waals surface area contributed by atoms with Crippen molar-refractivity contribution in [1.29, 1.82) is 0 Å². The SMILES string of the molecule is Cc1nn(C)c2sc(C(=O)Nc3ccccc3C(=O)NCC3CCCO3)cc12. The monoisotopic (exact) mass is 398 g/mol. The molecule has 2 N–H and O–H groups in total. The molecule has 3 aromatic rings. The van der Waals surface area contributed by atoms with Crippen molar-refractivity contribution in [2.24, 2.45) is 7.05 Å². The lowest BCUT2D eigenvalue weighted by molar-refractivity contribution is 0.0858. The molecule has 0 spiro atoms. The molecule has 3 heterocycles. The molecule has 1 aliphatic rings. The molecule has 1 aliphatic heterocycles. The molecule has 0 bridgehead atoms. The Balaban J connectivity index is 1.49. The van der Waals surface area contributed by atoms with Gasteiger partial charge in [-0.15, -0.1) is 11.3 Å². The lowest BCUT2D eigenvalue weighted by Gasteiger charge is -2.13. The molecule has 0 saturated carbocycles. The number of ether oxygens (including phenoxy) is 1. The van der Waals surface area contributed by atoms with Crippen molar-refractivity contribution < 1.29 is 14.3 Å². The summed E-state index contributed by atoms with van der Waals surface area (Å²) in [5.74, 6) is -0.456. The molecule has 1 saturated heterocycles. The fraction of sp³-hybridized carbons (Fsp3) is 0.350. The van der Waals surface area contributed by atoms with E-state index in [9.17, 15) is 9.59 Å². The van der Waals surface area contributed by atoms with E-state index in [0.29, 0.717) is 22.7 Å². The number of nitrogens with zero attached hydrogens (tertiary/aromatic N) is 2. The third-order valence-corrected chi connectivity index (χ3v) is 6.05. The Morgan fingerprint density at radius 1 is 1.32 bits per heavy atom. The van der Waals surface area contributed by atoms with E-state index in [1.54, 1.807) is 28.9 Å². The molecule has 4 rings (SSSR count). The van der Waals surface area contributed by atoms with Gasteiger partial charge in [-0.25, -0.2) is 0 Å². The summed E-state index contributed by atoms with van der Waals surface area (Å²) in [4.78, 5) is 26.9. The summed E-state index contributed by atoms with van der Waals surface area (Å²) < 4.78 is 7.32. The highest BCUT2D eigenvalue weighted by molar-refractivity contribution is 7.20. The lowest BCUT2D eigenvalue weighted by Crippen LogP contribution is -2.32. The minimum atomic E-state index is -0.236. The van der Waals surface area contributed by atoms with Crippen LogP contribution in [0.5, 0.6) is 0 Å². The molecule has 0 radical (unpaired) electrons. The number of hydrogen-bond donors (Lipinski definition) is 2. The number of nitrogens with one attached hydrogen (secondary N) is 2. The van der Waals surface area contributed by atoms with Gasteiger partial charge < -0.3 is 15.4 Å². The molecule has 1 fully saturated rings. The van der Waals surface area contributed by atoms with Gasteiger partial charge >= 0.3 is 0 Å². The van der Waals surface area contributed by atoms with Gasteiger partial charge in [0.15, 0.2) is 0 Å². The fourth-order valence-corrected chi connectivity index (χ4v) is 4.42. The maximum atomic E-state index is 12.8. The molecule has 28 heavy (non-hydrogen) atoms. The van der Waals surface area contributed by atoms with Crippen LogP contribution in [0.25, 0.3) is 10.2 Å². The largest absolute Gasteiger partial charge is 0.376 e. The van der Waals surface area contributed by atoms with E-state index in [0.717, 1.165) is 35.4 Å². The van der Waals surface area contributed by atoms with E-state index in [1.165, 1.54) is 11.3 Å². The van der Waals surface area contributed by atoms with Gasteiger partial charge in [0.2, 0.25) is 0 Å². The van der Waals surface area contributed by atoms with Crippen LogP contribution in [0.1, 0.15) is 38.6 Å². The Labute approximate surface area is 166 Å². The van der Waals surface area contributed by atoms with Crippen molar-refractivity contribution in [1.82, 2.24) is 15.1 Å². The molecule has 1 atom stereocenters. The first-order valence-corrected chi connectivity index (χ1v) is 10.1. The van der Waals surface area contributed by atoms with Gasteiger partial charge in [0.05, 0.1) is 27.9 Å². The standard InChI is InChI=1S/C20H22N4O3S/c1-12-15-10-17(28-20(15)24(2)23-12)19(26)22-16-8-4-3-7-14(16)18(25)21-11-13-6-5-9-27-13/h3-4,7-8,10,13H,5-6,9,11H2,1-2H3,(H,21,25)(H,22,26). The van der Waals surface area contributed by atoms with E-state index >= 15 is 0 Å². The summed E-state index contributed by atoms with van der Waals surface area (Å²) in [6, 6.07) is 8.87. The van der Waals surface area contributed by atoms with E-state index < -0.39 is 0 Å². The number of para-hydroxylation sites is 1. The van der Waals surface area contributed by atoms with Gasteiger partial charge in [0.1, 0.15) is 4.83 Å². The quantitative estimate of drug-likeness (QED) is 0.692. The summed E-state index contributed by atoms with van der Waals surface area (Å²) in [6.07, 6.45) is 2.05. The number of carbonyl (C=O) groups is 2. The maximum Gasteiger partial charge on any atom is 0.265 e. The zero-order valence-electron chi connectivity index (χ0n) is 15.8. The zero-order valence-corrected chi connectivity index (χ0v) is 16.6. The second kappa shape index (κ2) is 7.73. The van der Waals surface area contributed by atoms with E-state index in [4.69, 9.17) is 4.74 Å². The number of amides is 2. The van der Waals surface area contributed by atoms with E-state index in [1.807, 2.05) is 20.0 Å². The number of fused-ring (bicyclic) bond motifs is 1. The van der Waals surface area contributed by atoms with Gasteiger partial charge in [0.25, 0.3) is 11.8 Å². The molecule has 8 heteroatoms. The van der Waals surface area contributed by atoms with Crippen LogP contribution < -0.4 is 10.6 Å². The molecular formula is C20H22N4O3S. The molecule has 1 unspecified atom stereocenters. The Morgan fingerprint density at radius 3 is 2.89 bits per heavy atom. The number of anilines is 1. The van der Waals surface area contributed by atoms with E-state index in [-0.39, 0.29) is 17.9 Å². The van der Waals surface area contributed by atoms with Crippen LogP contribution in [0.4, 0.5) is 5.69 Å². The number of benzene rings is 1. The van der Waals surface area contributed by atoms with Gasteiger partial charge in [0, 0.05) is 25.6 Å². The summed E-state index contributed by atoms with van der Waals surface area (Å²) >= 11 is 1.38. The fourth-order valence-electron chi connectivity index (χ4n) is 3.40.